The first-order chi connectivity index (χ1) is 38.5. The van der Waals surface area contributed by atoms with Crippen LogP contribution in [0, 0.1) is 70.2 Å². The molecule has 418 valence electrons. The van der Waals surface area contributed by atoms with Crippen molar-refractivity contribution in [3.8, 4) is 41.1 Å². The number of aliphatic hydroxyl groups excluding tert-OH is 3. The van der Waals surface area contributed by atoms with E-state index in [-0.39, 0.29) is 47.3 Å². The maximum absolute atomic E-state index is 15.1. The Bertz CT molecular complexity index is 3200. The number of allylic oxidation sites excluding steroid dienone is 1. The normalized spacial score (nSPS) is 33.1. The van der Waals surface area contributed by atoms with Crippen LogP contribution in [0.4, 0.5) is 0 Å². The number of ketones is 1. The Labute approximate surface area is 474 Å². The number of Topliss-reactive ketones (excluding diaryl/α,β-unsaturated/α-hetero) is 1. The van der Waals surface area contributed by atoms with Crippen LogP contribution in [0.2, 0.25) is 0 Å². The third-order valence-corrected chi connectivity index (χ3v) is 24.5. The van der Waals surface area contributed by atoms with Crippen LogP contribution < -0.4 is 20.5 Å². The van der Waals surface area contributed by atoms with E-state index in [4.69, 9.17) is 15.2 Å². The van der Waals surface area contributed by atoms with Gasteiger partial charge >= 0.3 is 0 Å². The molecule has 13 atom stereocenters. The van der Waals surface area contributed by atoms with Crippen LogP contribution in [0.25, 0.3) is 10.9 Å². The first-order valence-electron chi connectivity index (χ1n) is 30.6. The number of phenolic OH excluding ortho intramolecular Hbond substituents is 1. The minimum absolute atomic E-state index is 0.00777. The lowest BCUT2D eigenvalue weighted by Crippen LogP contribution is -2.56. The van der Waals surface area contributed by atoms with Crippen molar-refractivity contribution in [3.05, 3.63) is 87.4 Å². The van der Waals surface area contributed by atoms with Crippen molar-refractivity contribution >= 4 is 38.3 Å². The number of carbonyl (C=O) groups excluding carboxylic acids is 1. The topological polar surface area (TPSA) is 175 Å². The minimum atomic E-state index is -1.09. The van der Waals surface area contributed by atoms with Crippen molar-refractivity contribution < 1.29 is 34.7 Å². The molecule has 4 fully saturated rings. The highest BCUT2D eigenvalue weighted by molar-refractivity contribution is 8.76. The van der Waals surface area contributed by atoms with Crippen LogP contribution >= 0.6 is 21.6 Å². The third kappa shape index (κ3) is 8.78. The molecule has 79 heavy (non-hydrogen) atoms. The summed E-state index contributed by atoms with van der Waals surface area (Å²) in [4.78, 5) is 18.9. The maximum atomic E-state index is 15.1. The molecule has 8 heterocycles. The lowest BCUT2D eigenvalue weighted by Gasteiger charge is -2.56. The second-order valence-electron chi connectivity index (χ2n) is 26.2. The molecule has 16 rings (SSSR count). The molecule has 10 bridgehead atoms. The minimum Gasteiger partial charge on any atom is -0.508 e. The molecule has 0 amide bonds. The van der Waals surface area contributed by atoms with Gasteiger partial charge in [-0.25, -0.2) is 0 Å². The van der Waals surface area contributed by atoms with Crippen molar-refractivity contribution in [2.45, 2.75) is 196 Å². The van der Waals surface area contributed by atoms with Gasteiger partial charge in [-0.05, 0) is 122 Å². The Morgan fingerprint density at radius 2 is 1.81 bits per heavy atom. The SMILES string of the molecule is CCCCCC(C(=O)CCc1c(O)cc2c3c1CSSCC14CNC(N)c5ccc6c(c51)C(c1c[nH]c5cn(cc15)C(O3)C(C#CC6O)C1(C#CO2)CCCC1)C1(CCCC1)C4)C(O)C1C=C2CCC3CCCCC3C2CC1O. The van der Waals surface area contributed by atoms with E-state index in [2.05, 4.69) is 82.5 Å². The molecule has 0 saturated heterocycles. The molecule has 12 aliphatic rings. The fraction of sp³-hybridized carbons (Fsp3) is 0.621. The zero-order chi connectivity index (χ0) is 53.8. The van der Waals surface area contributed by atoms with E-state index in [0.717, 1.165) is 123 Å². The smallest absolute Gasteiger partial charge is 0.191 e. The number of aliphatic hydroxyl groups is 3. The Kier molecular flexibility index (Phi) is 13.9. The molecular formula is C66H80N4O7S2. The van der Waals surface area contributed by atoms with Gasteiger partial charge in [-0.2, -0.15) is 0 Å². The van der Waals surface area contributed by atoms with Gasteiger partial charge < -0.3 is 45.2 Å². The van der Waals surface area contributed by atoms with E-state index in [1.165, 1.54) is 54.4 Å². The number of unbranched alkanes of at least 4 members (excludes halogenated alkanes) is 2. The lowest BCUT2D eigenvalue weighted by molar-refractivity contribution is -0.129. The summed E-state index contributed by atoms with van der Waals surface area (Å²) in [7, 11) is 3.57. The molecule has 2 aromatic carbocycles. The average molecular weight is 1110 g/mol. The predicted octanol–water partition coefficient (Wildman–Crippen LogP) is 12.2. The molecule has 4 aromatic rings. The monoisotopic (exact) mass is 1100 g/mol. The molecule has 13 heteroatoms. The van der Waals surface area contributed by atoms with Gasteiger partial charge in [0.1, 0.15) is 23.7 Å². The third-order valence-electron chi connectivity index (χ3n) is 22.1. The van der Waals surface area contributed by atoms with Gasteiger partial charge in [0.15, 0.2) is 17.7 Å². The summed E-state index contributed by atoms with van der Waals surface area (Å²) < 4.78 is 16.4. The number of benzene rings is 2. The number of rotatable bonds is 10. The lowest BCUT2D eigenvalue weighted by atomic mass is 9.51. The van der Waals surface area contributed by atoms with Gasteiger partial charge in [0.25, 0.3) is 0 Å². The van der Waals surface area contributed by atoms with E-state index in [0.29, 0.717) is 54.0 Å². The number of ether oxygens (including phenoxy) is 2. The van der Waals surface area contributed by atoms with Gasteiger partial charge in [0.2, 0.25) is 0 Å². The molecule has 11 nitrogen and oxygen atoms in total. The maximum Gasteiger partial charge on any atom is 0.191 e. The first kappa shape index (κ1) is 52.7. The highest BCUT2D eigenvalue weighted by Crippen LogP contribution is 2.66. The number of aromatic nitrogens is 2. The molecule has 4 saturated carbocycles. The number of nitrogens with zero attached hydrogens (tertiary/aromatic N) is 1. The summed E-state index contributed by atoms with van der Waals surface area (Å²) in [5.41, 5.74) is 15.5. The number of hydrogen-bond donors (Lipinski definition) is 7. The second kappa shape index (κ2) is 20.8. The van der Waals surface area contributed by atoms with E-state index >= 15 is 4.79 Å². The number of carbonyl (C=O) groups is 1. The van der Waals surface area contributed by atoms with Gasteiger partial charge in [0, 0.05) is 88.8 Å². The number of aromatic amines is 1. The Balaban J connectivity index is 0.890. The number of hydrogen-bond acceptors (Lipinski definition) is 11. The van der Waals surface area contributed by atoms with E-state index < -0.39 is 47.7 Å². The van der Waals surface area contributed by atoms with Gasteiger partial charge in [0.05, 0.1) is 35.2 Å². The molecule has 2 aromatic heterocycles. The zero-order valence-electron chi connectivity index (χ0n) is 46.0. The number of fused-ring (bicyclic) bond motifs is 4. The number of phenols is 1. The van der Waals surface area contributed by atoms with Crippen molar-refractivity contribution in [1.29, 1.82) is 0 Å². The summed E-state index contributed by atoms with van der Waals surface area (Å²) in [6, 6.07) is 5.90. The summed E-state index contributed by atoms with van der Waals surface area (Å²) in [6.07, 6.45) is 28.6. The number of H-pyrrole nitrogens is 1. The van der Waals surface area contributed by atoms with Crippen molar-refractivity contribution in [1.82, 2.24) is 14.9 Å². The fourth-order valence-electron chi connectivity index (χ4n) is 18.3. The Morgan fingerprint density at radius 1 is 0.987 bits per heavy atom. The van der Waals surface area contributed by atoms with Gasteiger partial charge in [-0.1, -0.05) is 134 Å². The summed E-state index contributed by atoms with van der Waals surface area (Å²) >= 11 is 0. The molecule has 6 aliphatic carbocycles. The Hall–Kier alpha value is -4.31. The zero-order valence-corrected chi connectivity index (χ0v) is 47.6. The predicted molar refractivity (Wildman–Crippen MR) is 311 cm³/mol. The summed E-state index contributed by atoms with van der Waals surface area (Å²) in [6.45, 7) is 2.86. The molecular weight excluding hydrogens is 1020 g/mol. The van der Waals surface area contributed by atoms with E-state index in [1.807, 2.05) is 10.8 Å². The van der Waals surface area contributed by atoms with Crippen LogP contribution in [0.1, 0.15) is 205 Å². The van der Waals surface area contributed by atoms with E-state index in [9.17, 15) is 20.4 Å². The number of nitrogens with one attached hydrogen (secondary N) is 2. The molecule has 3 spiro atoms. The standard InChI is InChI=1S/C66H80N4O7S2/c1-2-3-4-13-43(60(75)46-28-39-15-14-38-11-5-6-12-40(38)45(39)29-54(46)73)53(72)20-18-41-49-34-78-79-37-66-35-65(24-9-10-25-65)59-47-31-68-51-33-70(32-48(47)51)63-50(19-21-52(71)42-16-17-44(58(66)57(42)59)62(67)69-36-66)64(22-7-8-23-64)26-27-76-56(30-55(41)74)61(49)77-63/h16-17,28,30-33,38,40,43,45-46,50,52,54,59-60,62-63,68-69,71,73-75H,2-15,18,20,22-25,29,34-37,67H2,1H3. The Morgan fingerprint density at radius 3 is 2.66 bits per heavy atom. The highest BCUT2D eigenvalue weighted by atomic mass is 33.1. The van der Waals surface area contributed by atoms with Gasteiger partial charge in [-0.3, -0.25) is 10.1 Å². The second-order valence-corrected chi connectivity index (χ2v) is 28.7. The highest BCUT2D eigenvalue weighted by Gasteiger charge is 2.58. The summed E-state index contributed by atoms with van der Waals surface area (Å²) in [5.74, 6) is 12.9. The van der Waals surface area contributed by atoms with Crippen molar-refractivity contribution in [2.75, 3.05) is 12.3 Å². The van der Waals surface area contributed by atoms with E-state index in [1.54, 1.807) is 16.9 Å². The number of nitrogens with two attached hydrogens (primary N) is 1. The van der Waals surface area contributed by atoms with Crippen LogP contribution in [0.15, 0.2) is 48.4 Å². The molecule has 6 aliphatic heterocycles. The van der Waals surface area contributed by atoms with Crippen molar-refractivity contribution in [3.63, 3.8) is 0 Å². The van der Waals surface area contributed by atoms with Crippen LogP contribution in [-0.4, -0.2) is 60.3 Å². The molecule has 0 radical (unpaired) electrons. The molecule has 13 unspecified atom stereocenters. The van der Waals surface area contributed by atoms with Crippen molar-refractivity contribution in [2.24, 2.45) is 52.1 Å². The largest absolute Gasteiger partial charge is 0.508 e. The van der Waals surface area contributed by atoms with Gasteiger partial charge in [-0.15, -0.1) is 0 Å². The van der Waals surface area contributed by atoms with Crippen LogP contribution in [0.3, 0.4) is 0 Å². The quantitative estimate of drug-likeness (QED) is 0.0348. The van der Waals surface area contributed by atoms with Crippen LogP contribution in [-0.2, 0) is 22.4 Å². The average Bonchev–Trinajstić information content (AvgIpc) is 2.67. The summed E-state index contributed by atoms with van der Waals surface area (Å²) in [5, 5.41) is 54.6. The number of aromatic hydroxyl groups is 1. The molecule has 8 N–H and O–H groups in total. The fourth-order valence-corrected chi connectivity index (χ4v) is 21.0. The first-order valence-corrected chi connectivity index (χ1v) is 33.1. The van der Waals surface area contributed by atoms with Crippen LogP contribution in [0.5, 0.6) is 17.2 Å².